The smallest absolute Gasteiger partial charge is 0.191 e. The van der Waals surface area contributed by atoms with E-state index in [-0.39, 0.29) is 5.65 Å². The van der Waals surface area contributed by atoms with E-state index >= 15 is 0 Å². The number of piperazine rings is 1. The largest absolute Gasteiger partial charge is 0.368 e. The van der Waals surface area contributed by atoms with E-state index in [4.69, 9.17) is 11.6 Å². The Labute approximate surface area is 177 Å². The summed E-state index contributed by atoms with van der Waals surface area (Å²) < 4.78 is 15.8. The van der Waals surface area contributed by atoms with Crippen molar-refractivity contribution in [1.29, 1.82) is 0 Å². The maximum absolute atomic E-state index is 14.4. The summed E-state index contributed by atoms with van der Waals surface area (Å²) >= 11 is 6.65. The average molecular weight is 429 g/mol. The average Bonchev–Trinajstić information content (AvgIpc) is 3.24. The molecule has 4 heterocycles. The lowest BCUT2D eigenvalue weighted by Crippen LogP contribution is -2.54. The normalized spacial score (nSPS) is 19.7. The van der Waals surface area contributed by atoms with E-state index < -0.39 is 5.82 Å². The Hall–Kier alpha value is -2.91. The predicted molar refractivity (Wildman–Crippen MR) is 116 cm³/mol. The molecule has 0 amide bonds. The zero-order valence-corrected chi connectivity index (χ0v) is 17.6. The van der Waals surface area contributed by atoms with Gasteiger partial charge in [0.1, 0.15) is 5.82 Å². The second-order valence-electron chi connectivity index (χ2n) is 7.93. The molecule has 1 saturated heterocycles. The highest BCUT2D eigenvalue weighted by molar-refractivity contribution is 6.36. The molecule has 0 aliphatic carbocycles. The Morgan fingerprint density at radius 1 is 1.20 bits per heavy atom. The van der Waals surface area contributed by atoms with E-state index in [2.05, 4.69) is 55.7 Å². The van der Waals surface area contributed by atoms with Gasteiger partial charge in [-0.2, -0.15) is 10.2 Å². The highest BCUT2D eigenvalue weighted by atomic mass is 35.5. The number of aromatic nitrogens is 5. The van der Waals surface area contributed by atoms with Gasteiger partial charge in [0, 0.05) is 36.9 Å². The van der Waals surface area contributed by atoms with Gasteiger partial charge in [-0.15, -0.1) is 0 Å². The van der Waals surface area contributed by atoms with Crippen LogP contribution in [0, 0.1) is 12.7 Å². The second-order valence-corrected chi connectivity index (χ2v) is 8.33. The van der Waals surface area contributed by atoms with Crippen molar-refractivity contribution in [2.45, 2.75) is 32.9 Å². The van der Waals surface area contributed by atoms with E-state index in [1.807, 2.05) is 6.07 Å². The maximum atomic E-state index is 14.4. The van der Waals surface area contributed by atoms with Gasteiger partial charge in [0.25, 0.3) is 0 Å². The van der Waals surface area contributed by atoms with Gasteiger partial charge in [-0.25, -0.2) is 13.9 Å². The van der Waals surface area contributed by atoms with Gasteiger partial charge in [-0.3, -0.25) is 5.10 Å². The minimum atomic E-state index is -0.462. The molecule has 156 valence electrons. The number of nitrogens with zero attached hydrogens (tertiary/aromatic N) is 5. The number of hydrogen-bond donors (Lipinski definition) is 3. The van der Waals surface area contributed by atoms with E-state index in [1.54, 1.807) is 13.1 Å². The number of aromatic amines is 1. The summed E-state index contributed by atoms with van der Waals surface area (Å²) in [6, 6.07) is 6.17. The molecule has 1 aromatic carbocycles. The molecule has 3 aromatic heterocycles. The fourth-order valence-corrected chi connectivity index (χ4v) is 4.47. The molecular formula is C20H22ClFN8. The number of hydrogen-bond acceptors (Lipinski definition) is 6. The Bertz CT molecular complexity index is 1240. The van der Waals surface area contributed by atoms with Crippen molar-refractivity contribution < 1.29 is 4.39 Å². The summed E-state index contributed by atoms with van der Waals surface area (Å²) in [4.78, 5) is 6.40. The lowest BCUT2D eigenvalue weighted by atomic mass is 10.1. The standard InChI is InChI=1S/C20H22ClFN8/c1-10-7-29(8-11(2)23-10)14-5-15(21)18-17(6-14)26-27-19(18)25-13-4-16(22)20-24-12(3)28-30(20)9-13/h4-6,9-11,23H,7-8H2,1-3H3,(H2,25,26,27)/t10-,11-/m0/s1. The van der Waals surface area contributed by atoms with Crippen molar-refractivity contribution in [2.75, 3.05) is 23.3 Å². The second kappa shape index (κ2) is 7.10. The third-order valence-corrected chi connectivity index (χ3v) is 5.58. The van der Waals surface area contributed by atoms with E-state index in [9.17, 15) is 4.39 Å². The van der Waals surface area contributed by atoms with Crippen LogP contribution < -0.4 is 15.5 Å². The van der Waals surface area contributed by atoms with Crippen LogP contribution in [0.4, 0.5) is 21.6 Å². The van der Waals surface area contributed by atoms with Crippen LogP contribution in [-0.4, -0.2) is 50.0 Å². The van der Waals surface area contributed by atoms with Gasteiger partial charge in [0.2, 0.25) is 0 Å². The number of pyridine rings is 1. The summed E-state index contributed by atoms with van der Waals surface area (Å²) in [5.74, 6) is 0.568. The first-order valence-corrected chi connectivity index (χ1v) is 10.2. The summed E-state index contributed by atoms with van der Waals surface area (Å²) in [6.07, 6.45) is 1.67. The molecule has 0 radical (unpaired) electrons. The fraction of sp³-hybridized carbons (Fsp3) is 0.350. The molecule has 8 nitrogen and oxygen atoms in total. The van der Waals surface area contributed by atoms with Crippen LogP contribution in [0.2, 0.25) is 5.02 Å². The molecule has 3 N–H and O–H groups in total. The molecule has 10 heteroatoms. The number of rotatable bonds is 3. The van der Waals surface area contributed by atoms with Gasteiger partial charge < -0.3 is 15.5 Å². The van der Waals surface area contributed by atoms with Crippen LogP contribution in [0.25, 0.3) is 16.6 Å². The SMILES string of the molecule is Cc1nc2c(F)cc(Nc3n[nH]c4cc(N5C[C@H](C)N[C@@H](C)C5)cc(Cl)c34)cn2n1. The maximum Gasteiger partial charge on any atom is 0.191 e. The quantitative estimate of drug-likeness (QED) is 0.462. The third-order valence-electron chi connectivity index (χ3n) is 5.28. The number of fused-ring (bicyclic) bond motifs is 2. The van der Waals surface area contributed by atoms with Gasteiger partial charge >= 0.3 is 0 Å². The van der Waals surface area contributed by atoms with E-state index in [0.29, 0.717) is 34.4 Å². The summed E-state index contributed by atoms with van der Waals surface area (Å²) in [5, 5.41) is 19.6. The van der Waals surface area contributed by atoms with Gasteiger partial charge in [-0.05, 0) is 32.9 Å². The molecule has 0 unspecified atom stereocenters. The molecule has 5 rings (SSSR count). The zero-order valence-electron chi connectivity index (χ0n) is 16.9. The molecule has 0 spiro atoms. The Morgan fingerprint density at radius 2 is 1.97 bits per heavy atom. The number of benzene rings is 1. The van der Waals surface area contributed by atoms with Crippen molar-refractivity contribution in [3.05, 3.63) is 41.1 Å². The van der Waals surface area contributed by atoms with Gasteiger partial charge in [0.15, 0.2) is 17.3 Å². The highest BCUT2D eigenvalue weighted by Gasteiger charge is 2.23. The number of anilines is 3. The first kappa shape index (κ1) is 19.1. The van der Waals surface area contributed by atoms with Crippen LogP contribution in [0.5, 0.6) is 0 Å². The Morgan fingerprint density at radius 3 is 2.73 bits per heavy atom. The minimum absolute atomic E-state index is 0.187. The predicted octanol–water partition coefficient (Wildman–Crippen LogP) is 3.64. The number of nitrogens with one attached hydrogen (secondary N) is 3. The van der Waals surface area contributed by atoms with Crippen LogP contribution in [-0.2, 0) is 0 Å². The number of halogens is 2. The minimum Gasteiger partial charge on any atom is -0.368 e. The monoisotopic (exact) mass is 428 g/mol. The molecular weight excluding hydrogens is 407 g/mol. The van der Waals surface area contributed by atoms with Gasteiger partial charge in [0.05, 0.1) is 27.8 Å². The Kier molecular flexibility index (Phi) is 4.52. The van der Waals surface area contributed by atoms with Crippen molar-refractivity contribution >= 4 is 45.3 Å². The molecule has 0 bridgehead atoms. The van der Waals surface area contributed by atoms with Crippen LogP contribution in [0.1, 0.15) is 19.7 Å². The number of aryl methyl sites for hydroxylation is 1. The topological polar surface area (TPSA) is 86.2 Å². The van der Waals surface area contributed by atoms with E-state index in [0.717, 1.165) is 29.7 Å². The third kappa shape index (κ3) is 3.33. The van der Waals surface area contributed by atoms with Crippen LogP contribution in [0.3, 0.4) is 0 Å². The lowest BCUT2D eigenvalue weighted by Gasteiger charge is -2.37. The van der Waals surface area contributed by atoms with E-state index in [1.165, 1.54) is 10.6 Å². The van der Waals surface area contributed by atoms with Crippen LogP contribution in [0.15, 0.2) is 24.4 Å². The molecule has 2 atom stereocenters. The fourth-order valence-electron chi connectivity index (χ4n) is 4.16. The molecule has 1 aliphatic heterocycles. The Balaban J connectivity index is 1.49. The highest BCUT2D eigenvalue weighted by Crippen LogP contribution is 2.35. The van der Waals surface area contributed by atoms with Gasteiger partial charge in [-0.1, -0.05) is 11.6 Å². The molecule has 30 heavy (non-hydrogen) atoms. The lowest BCUT2D eigenvalue weighted by molar-refractivity contribution is 0.407. The summed E-state index contributed by atoms with van der Waals surface area (Å²) in [7, 11) is 0. The summed E-state index contributed by atoms with van der Waals surface area (Å²) in [5.41, 5.74) is 2.56. The first-order valence-electron chi connectivity index (χ1n) is 9.85. The first-order chi connectivity index (χ1) is 14.4. The molecule has 4 aromatic rings. The molecule has 1 fully saturated rings. The van der Waals surface area contributed by atoms with Crippen molar-refractivity contribution in [1.82, 2.24) is 30.1 Å². The molecule has 0 saturated carbocycles. The van der Waals surface area contributed by atoms with Crippen LogP contribution >= 0.6 is 11.6 Å². The molecule has 1 aliphatic rings. The van der Waals surface area contributed by atoms with Crippen molar-refractivity contribution in [2.24, 2.45) is 0 Å². The summed E-state index contributed by atoms with van der Waals surface area (Å²) in [6.45, 7) is 7.88. The number of H-pyrrole nitrogens is 1. The van der Waals surface area contributed by atoms with Crippen molar-refractivity contribution in [3.63, 3.8) is 0 Å². The van der Waals surface area contributed by atoms with Crippen molar-refractivity contribution in [3.8, 4) is 0 Å². The zero-order chi connectivity index (χ0) is 21.0.